The molecule has 0 bridgehead atoms. The summed E-state index contributed by atoms with van der Waals surface area (Å²) in [5, 5.41) is 3.25. The smallest absolute Gasteiger partial charge is 0.161 e. The molecule has 0 aliphatic heterocycles. The molecule has 1 aliphatic rings. The van der Waals surface area contributed by atoms with Crippen molar-refractivity contribution in [2.75, 3.05) is 21.3 Å². The number of nitrogens with one attached hydrogen (secondary N) is 1. The number of hydrogen-bond donors (Lipinski definition) is 1. The molecule has 0 saturated carbocycles. The number of fused-ring (bicyclic) bond motifs is 1. The summed E-state index contributed by atoms with van der Waals surface area (Å²) in [7, 11) is 5.31. The second-order valence-corrected chi connectivity index (χ2v) is 3.45. The summed E-state index contributed by atoms with van der Waals surface area (Å²) in [6.45, 7) is 0. The van der Waals surface area contributed by atoms with Gasteiger partial charge in [0.05, 0.1) is 14.2 Å². The Morgan fingerprint density at radius 2 is 1.86 bits per heavy atom. The lowest BCUT2D eigenvalue weighted by atomic mass is 9.83. The molecule has 0 amide bonds. The highest BCUT2D eigenvalue weighted by Crippen LogP contribution is 2.40. The van der Waals surface area contributed by atoms with Gasteiger partial charge in [-0.15, -0.1) is 0 Å². The Bertz CT molecular complexity index is 349. The summed E-state index contributed by atoms with van der Waals surface area (Å²) in [6, 6.07) is 4.59. The minimum Gasteiger partial charge on any atom is -0.493 e. The summed E-state index contributed by atoms with van der Waals surface area (Å²) >= 11 is 0. The third-order valence-electron chi connectivity index (χ3n) is 2.79. The van der Waals surface area contributed by atoms with Crippen LogP contribution < -0.4 is 14.8 Å². The molecule has 0 spiro atoms. The first-order valence-corrected chi connectivity index (χ1v) is 4.72. The van der Waals surface area contributed by atoms with E-state index < -0.39 is 0 Å². The van der Waals surface area contributed by atoms with Crippen molar-refractivity contribution in [1.29, 1.82) is 0 Å². The Kier molecular flexibility index (Phi) is 2.33. The molecule has 2 rings (SSSR count). The van der Waals surface area contributed by atoms with Gasteiger partial charge in [0.15, 0.2) is 11.5 Å². The zero-order valence-electron chi connectivity index (χ0n) is 8.76. The van der Waals surface area contributed by atoms with Crippen LogP contribution in [0.3, 0.4) is 0 Å². The second kappa shape index (κ2) is 3.50. The van der Waals surface area contributed by atoms with Crippen molar-refractivity contribution < 1.29 is 9.47 Å². The highest BCUT2D eigenvalue weighted by atomic mass is 16.5. The van der Waals surface area contributed by atoms with Gasteiger partial charge >= 0.3 is 0 Å². The van der Waals surface area contributed by atoms with Crippen molar-refractivity contribution >= 4 is 0 Å². The molecule has 0 heterocycles. The van der Waals surface area contributed by atoms with Crippen molar-refractivity contribution in [1.82, 2.24) is 5.32 Å². The lowest BCUT2D eigenvalue weighted by Gasteiger charge is -2.30. The second-order valence-electron chi connectivity index (χ2n) is 3.45. The average Bonchev–Trinajstić information content (AvgIpc) is 2.20. The van der Waals surface area contributed by atoms with E-state index >= 15 is 0 Å². The van der Waals surface area contributed by atoms with Crippen LogP contribution in [0.4, 0.5) is 0 Å². The molecule has 0 radical (unpaired) electrons. The molecule has 3 heteroatoms. The average molecular weight is 193 g/mol. The van der Waals surface area contributed by atoms with E-state index in [1.54, 1.807) is 14.2 Å². The number of ether oxygens (including phenoxy) is 2. The maximum absolute atomic E-state index is 5.25. The third-order valence-corrected chi connectivity index (χ3v) is 2.79. The van der Waals surface area contributed by atoms with Gasteiger partial charge in [-0.2, -0.15) is 0 Å². The lowest BCUT2D eigenvalue weighted by molar-refractivity contribution is 0.351. The Morgan fingerprint density at radius 1 is 1.21 bits per heavy atom. The molecule has 76 valence electrons. The minimum atomic E-state index is 0.477. The fourth-order valence-electron chi connectivity index (χ4n) is 1.89. The Balaban J connectivity index is 2.38. The monoisotopic (exact) mass is 193 g/mol. The van der Waals surface area contributed by atoms with Crippen LogP contribution in [0.15, 0.2) is 12.1 Å². The number of methoxy groups -OCH3 is 2. The van der Waals surface area contributed by atoms with E-state index in [0.29, 0.717) is 6.04 Å². The molecule has 3 nitrogen and oxygen atoms in total. The van der Waals surface area contributed by atoms with Crippen LogP contribution in [0.5, 0.6) is 11.5 Å². The quantitative estimate of drug-likeness (QED) is 0.789. The van der Waals surface area contributed by atoms with Crippen LogP contribution in [0.25, 0.3) is 0 Å². The lowest BCUT2D eigenvalue weighted by Crippen LogP contribution is -2.28. The highest BCUT2D eigenvalue weighted by Gasteiger charge is 2.26. The first-order chi connectivity index (χ1) is 6.80. The molecule has 1 aromatic carbocycles. The first-order valence-electron chi connectivity index (χ1n) is 4.72. The molecular formula is C11H15NO2. The fourth-order valence-corrected chi connectivity index (χ4v) is 1.89. The molecule has 1 N–H and O–H groups in total. The normalized spacial score (nSPS) is 18.4. The fraction of sp³-hybridized carbons (Fsp3) is 0.455. The first kappa shape index (κ1) is 9.34. The van der Waals surface area contributed by atoms with E-state index in [1.807, 2.05) is 7.05 Å². The van der Waals surface area contributed by atoms with Gasteiger partial charge in [-0.05, 0) is 36.7 Å². The topological polar surface area (TPSA) is 30.5 Å². The van der Waals surface area contributed by atoms with Crippen molar-refractivity contribution in [2.45, 2.75) is 12.5 Å². The predicted molar refractivity (Wildman–Crippen MR) is 55.1 cm³/mol. The molecule has 0 fully saturated rings. The van der Waals surface area contributed by atoms with Gasteiger partial charge in [0.2, 0.25) is 0 Å². The van der Waals surface area contributed by atoms with Crippen LogP contribution in [-0.4, -0.2) is 21.3 Å². The molecular weight excluding hydrogens is 178 g/mol. The number of hydrogen-bond acceptors (Lipinski definition) is 3. The molecule has 0 aromatic heterocycles. The molecule has 1 atom stereocenters. The van der Waals surface area contributed by atoms with Gasteiger partial charge in [0, 0.05) is 6.04 Å². The van der Waals surface area contributed by atoms with E-state index in [4.69, 9.17) is 9.47 Å². The van der Waals surface area contributed by atoms with Crippen LogP contribution in [0, 0.1) is 0 Å². The van der Waals surface area contributed by atoms with Crippen molar-refractivity contribution in [3.8, 4) is 11.5 Å². The summed E-state index contributed by atoms with van der Waals surface area (Å²) in [5.74, 6) is 1.63. The molecule has 0 saturated heterocycles. The maximum atomic E-state index is 5.25. The maximum Gasteiger partial charge on any atom is 0.161 e. The van der Waals surface area contributed by atoms with E-state index in [9.17, 15) is 0 Å². The predicted octanol–water partition coefficient (Wildman–Crippen LogP) is 1.52. The largest absolute Gasteiger partial charge is 0.493 e. The van der Waals surface area contributed by atoms with E-state index in [2.05, 4.69) is 17.4 Å². The van der Waals surface area contributed by atoms with Gasteiger partial charge in [-0.25, -0.2) is 0 Å². The van der Waals surface area contributed by atoms with Crippen molar-refractivity contribution in [3.05, 3.63) is 23.3 Å². The highest BCUT2D eigenvalue weighted by molar-refractivity contribution is 5.52. The standard InChI is InChI=1S/C11H15NO2/c1-12-9-4-7-5-10(13-2)11(14-3)6-8(7)9/h5-6,9,12H,4H2,1-3H3. The van der Waals surface area contributed by atoms with E-state index in [0.717, 1.165) is 17.9 Å². The van der Waals surface area contributed by atoms with Crippen LogP contribution in [-0.2, 0) is 6.42 Å². The number of rotatable bonds is 3. The molecule has 14 heavy (non-hydrogen) atoms. The molecule has 1 aromatic rings. The molecule has 1 aliphatic carbocycles. The van der Waals surface area contributed by atoms with E-state index in [1.165, 1.54) is 11.1 Å². The van der Waals surface area contributed by atoms with Gasteiger partial charge < -0.3 is 14.8 Å². The summed E-state index contributed by atoms with van der Waals surface area (Å²) in [6.07, 6.45) is 1.08. The van der Waals surface area contributed by atoms with Crippen molar-refractivity contribution in [3.63, 3.8) is 0 Å². The third kappa shape index (κ3) is 1.24. The Labute approximate surface area is 84.0 Å². The van der Waals surface area contributed by atoms with Crippen LogP contribution >= 0.6 is 0 Å². The van der Waals surface area contributed by atoms with Crippen LogP contribution in [0.1, 0.15) is 17.2 Å². The van der Waals surface area contributed by atoms with Crippen molar-refractivity contribution in [2.24, 2.45) is 0 Å². The van der Waals surface area contributed by atoms with Gasteiger partial charge in [0.25, 0.3) is 0 Å². The zero-order chi connectivity index (χ0) is 10.1. The summed E-state index contributed by atoms with van der Waals surface area (Å²) in [4.78, 5) is 0. The SMILES string of the molecule is CNC1Cc2cc(OC)c(OC)cc21. The molecule has 1 unspecified atom stereocenters. The van der Waals surface area contributed by atoms with Gasteiger partial charge in [0.1, 0.15) is 0 Å². The summed E-state index contributed by atoms with van der Waals surface area (Å²) in [5.41, 5.74) is 2.67. The number of benzene rings is 1. The van der Waals surface area contributed by atoms with Gasteiger partial charge in [-0.1, -0.05) is 0 Å². The minimum absolute atomic E-state index is 0.477. The summed E-state index contributed by atoms with van der Waals surface area (Å²) < 4.78 is 10.5. The zero-order valence-corrected chi connectivity index (χ0v) is 8.76. The van der Waals surface area contributed by atoms with E-state index in [-0.39, 0.29) is 0 Å². The number of likely N-dealkylation sites (N-methyl/N-ethyl adjacent to an activating group) is 1. The van der Waals surface area contributed by atoms with Crippen LogP contribution in [0.2, 0.25) is 0 Å². The van der Waals surface area contributed by atoms with Gasteiger partial charge in [-0.3, -0.25) is 0 Å². The Morgan fingerprint density at radius 3 is 2.43 bits per heavy atom. The Hall–Kier alpha value is -1.22.